The van der Waals surface area contributed by atoms with Crippen molar-refractivity contribution in [3.05, 3.63) is 11.9 Å². The number of amides is 1. The summed E-state index contributed by atoms with van der Waals surface area (Å²) in [6, 6.07) is 0.322. The van der Waals surface area contributed by atoms with E-state index in [4.69, 9.17) is 0 Å². The minimum atomic E-state index is 0.0148. The van der Waals surface area contributed by atoms with Gasteiger partial charge in [0.25, 0.3) is 5.91 Å². The van der Waals surface area contributed by atoms with Crippen molar-refractivity contribution in [2.45, 2.75) is 43.5 Å². The Labute approximate surface area is 116 Å². The number of hydrogen-bond acceptors (Lipinski definition) is 3. The lowest BCUT2D eigenvalue weighted by Crippen LogP contribution is -2.44. The Morgan fingerprint density at radius 3 is 3.00 bits per heavy atom. The van der Waals surface area contributed by atoms with Gasteiger partial charge < -0.3 is 4.90 Å². The van der Waals surface area contributed by atoms with E-state index in [0.717, 1.165) is 25.8 Å². The molecule has 5 nitrogen and oxygen atoms in total. The lowest BCUT2D eigenvalue weighted by molar-refractivity contribution is 0.0597. The van der Waals surface area contributed by atoms with Gasteiger partial charge in [-0.1, -0.05) is 28.1 Å². The summed E-state index contributed by atoms with van der Waals surface area (Å²) >= 11 is 3.58. The molecule has 2 unspecified atom stereocenters. The maximum absolute atomic E-state index is 12.4. The van der Waals surface area contributed by atoms with Crippen LogP contribution in [-0.2, 0) is 7.05 Å². The summed E-state index contributed by atoms with van der Waals surface area (Å²) in [5.74, 6) is 0.0148. The van der Waals surface area contributed by atoms with E-state index in [2.05, 4.69) is 33.2 Å². The molecule has 1 aromatic heterocycles. The second-order valence-electron chi connectivity index (χ2n) is 4.94. The Hall–Kier alpha value is -0.910. The third-order valence-corrected chi connectivity index (χ3v) is 3.68. The van der Waals surface area contributed by atoms with Crippen molar-refractivity contribution in [1.82, 2.24) is 19.9 Å². The number of piperidine rings is 1. The summed E-state index contributed by atoms with van der Waals surface area (Å²) in [4.78, 5) is 14.8. The first kappa shape index (κ1) is 13.5. The molecule has 2 heterocycles. The first-order valence-electron chi connectivity index (χ1n) is 6.39. The van der Waals surface area contributed by atoms with Gasteiger partial charge in [-0.2, -0.15) is 0 Å². The Bertz CT molecular complexity index is 418. The molecule has 1 fully saturated rings. The molecule has 0 aromatic carbocycles. The van der Waals surface area contributed by atoms with Crippen LogP contribution in [0.1, 0.15) is 43.1 Å². The zero-order chi connectivity index (χ0) is 13.1. The van der Waals surface area contributed by atoms with E-state index >= 15 is 0 Å². The van der Waals surface area contributed by atoms with Crippen molar-refractivity contribution in [3.63, 3.8) is 0 Å². The molecule has 0 saturated carbocycles. The number of likely N-dealkylation sites (tertiary alicyclic amines) is 1. The maximum atomic E-state index is 12.4. The highest BCUT2D eigenvalue weighted by atomic mass is 79.9. The van der Waals surface area contributed by atoms with E-state index in [0.29, 0.717) is 16.6 Å². The fourth-order valence-corrected chi connectivity index (χ4v) is 2.91. The topological polar surface area (TPSA) is 51.0 Å². The van der Waals surface area contributed by atoms with Gasteiger partial charge in [-0.05, 0) is 25.7 Å². The maximum Gasteiger partial charge on any atom is 0.276 e. The second-order valence-corrected chi connectivity index (χ2v) is 6.51. The highest BCUT2D eigenvalue weighted by molar-refractivity contribution is 9.09. The molecule has 1 aromatic rings. The van der Waals surface area contributed by atoms with Crippen molar-refractivity contribution in [3.8, 4) is 0 Å². The molecular formula is C12H19BrN4O. The van der Waals surface area contributed by atoms with Crippen LogP contribution in [-0.4, -0.2) is 43.2 Å². The summed E-state index contributed by atoms with van der Waals surface area (Å²) in [6.07, 6.45) is 6.05. The second kappa shape index (κ2) is 5.82. The number of rotatable bonds is 3. The van der Waals surface area contributed by atoms with Gasteiger partial charge in [-0.25, -0.2) is 0 Å². The zero-order valence-corrected chi connectivity index (χ0v) is 12.4. The van der Waals surface area contributed by atoms with Gasteiger partial charge in [0.1, 0.15) is 0 Å². The number of aryl methyl sites for hydroxylation is 1. The van der Waals surface area contributed by atoms with Crippen LogP contribution in [0.2, 0.25) is 0 Å². The van der Waals surface area contributed by atoms with E-state index < -0.39 is 0 Å². The third-order valence-electron chi connectivity index (χ3n) is 3.31. The Kier molecular flexibility index (Phi) is 4.37. The number of alkyl halides is 1. The van der Waals surface area contributed by atoms with Gasteiger partial charge in [-0.15, -0.1) is 5.10 Å². The summed E-state index contributed by atoms with van der Waals surface area (Å²) in [7, 11) is 1.78. The molecule has 0 N–H and O–H groups in total. The van der Waals surface area contributed by atoms with Crippen LogP contribution in [0, 0.1) is 0 Å². The molecule has 0 aliphatic carbocycles. The highest BCUT2D eigenvalue weighted by Gasteiger charge is 2.29. The van der Waals surface area contributed by atoms with Crippen LogP contribution in [0.4, 0.5) is 0 Å². The molecule has 100 valence electrons. The number of halogens is 1. The fraction of sp³-hybridized carbons (Fsp3) is 0.750. The Morgan fingerprint density at radius 1 is 1.61 bits per heavy atom. The van der Waals surface area contributed by atoms with Crippen molar-refractivity contribution in [2.75, 3.05) is 6.54 Å². The summed E-state index contributed by atoms with van der Waals surface area (Å²) in [5, 5.41) is 7.74. The van der Waals surface area contributed by atoms with Crippen molar-refractivity contribution < 1.29 is 4.79 Å². The lowest BCUT2D eigenvalue weighted by atomic mass is 9.98. The van der Waals surface area contributed by atoms with Gasteiger partial charge in [-0.3, -0.25) is 9.48 Å². The quantitative estimate of drug-likeness (QED) is 0.802. The molecule has 6 heteroatoms. The average molecular weight is 315 g/mol. The van der Waals surface area contributed by atoms with E-state index in [1.807, 2.05) is 4.90 Å². The van der Waals surface area contributed by atoms with Gasteiger partial charge in [0, 0.05) is 24.5 Å². The van der Waals surface area contributed by atoms with E-state index in [1.165, 1.54) is 6.42 Å². The van der Waals surface area contributed by atoms with Crippen LogP contribution < -0.4 is 0 Å². The molecule has 1 saturated heterocycles. The predicted molar refractivity (Wildman–Crippen MR) is 72.7 cm³/mol. The summed E-state index contributed by atoms with van der Waals surface area (Å²) in [5.41, 5.74) is 0.451. The molecule has 0 spiro atoms. The molecule has 2 atom stereocenters. The summed E-state index contributed by atoms with van der Waals surface area (Å²) < 4.78 is 1.57. The zero-order valence-electron chi connectivity index (χ0n) is 10.8. The first-order valence-corrected chi connectivity index (χ1v) is 7.31. The minimum Gasteiger partial charge on any atom is -0.334 e. The fourth-order valence-electron chi connectivity index (χ4n) is 2.48. The van der Waals surface area contributed by atoms with Crippen LogP contribution in [0.3, 0.4) is 0 Å². The SMILES string of the molecule is CC(Br)CC1CCCCN1C(=O)c1cn(C)nn1. The number of nitrogens with zero attached hydrogens (tertiary/aromatic N) is 4. The minimum absolute atomic E-state index is 0.0148. The third kappa shape index (κ3) is 3.10. The lowest BCUT2D eigenvalue weighted by Gasteiger charge is -2.36. The highest BCUT2D eigenvalue weighted by Crippen LogP contribution is 2.24. The van der Waals surface area contributed by atoms with Gasteiger partial charge in [0.2, 0.25) is 0 Å². The number of aromatic nitrogens is 3. The van der Waals surface area contributed by atoms with Gasteiger partial charge in [0.15, 0.2) is 5.69 Å². The number of carbonyl (C=O) groups is 1. The normalized spacial score (nSPS) is 21.9. The smallest absolute Gasteiger partial charge is 0.276 e. The molecule has 18 heavy (non-hydrogen) atoms. The molecule has 2 rings (SSSR count). The molecular weight excluding hydrogens is 296 g/mol. The molecule has 0 radical (unpaired) electrons. The largest absolute Gasteiger partial charge is 0.334 e. The van der Waals surface area contributed by atoms with Gasteiger partial charge in [0.05, 0.1) is 6.20 Å². The van der Waals surface area contributed by atoms with Crippen molar-refractivity contribution >= 4 is 21.8 Å². The molecule has 1 aliphatic heterocycles. The Balaban J connectivity index is 2.10. The molecule has 0 bridgehead atoms. The predicted octanol–water partition coefficient (Wildman–Crippen LogP) is 1.98. The molecule has 1 amide bonds. The van der Waals surface area contributed by atoms with Crippen LogP contribution in [0.25, 0.3) is 0 Å². The first-order chi connectivity index (χ1) is 8.58. The molecule has 1 aliphatic rings. The van der Waals surface area contributed by atoms with E-state index in [-0.39, 0.29) is 5.91 Å². The van der Waals surface area contributed by atoms with Crippen molar-refractivity contribution in [1.29, 1.82) is 0 Å². The number of hydrogen-bond donors (Lipinski definition) is 0. The summed E-state index contributed by atoms with van der Waals surface area (Å²) in [6.45, 7) is 2.96. The van der Waals surface area contributed by atoms with E-state index in [1.54, 1.807) is 17.9 Å². The standard InChI is InChI=1S/C12H19BrN4O/c1-9(13)7-10-5-3-4-6-17(10)12(18)11-8-16(2)15-14-11/h8-10H,3-7H2,1-2H3. The van der Waals surface area contributed by atoms with Crippen molar-refractivity contribution in [2.24, 2.45) is 7.05 Å². The van der Waals surface area contributed by atoms with Crippen LogP contribution in [0.5, 0.6) is 0 Å². The van der Waals surface area contributed by atoms with Gasteiger partial charge >= 0.3 is 0 Å². The Morgan fingerprint density at radius 2 is 2.39 bits per heavy atom. The van der Waals surface area contributed by atoms with Crippen LogP contribution >= 0.6 is 15.9 Å². The monoisotopic (exact) mass is 314 g/mol. The number of carbonyl (C=O) groups excluding carboxylic acids is 1. The average Bonchev–Trinajstić information content (AvgIpc) is 2.75. The van der Waals surface area contributed by atoms with E-state index in [9.17, 15) is 4.79 Å². The van der Waals surface area contributed by atoms with Crippen LogP contribution in [0.15, 0.2) is 6.20 Å².